The molecule has 0 aliphatic rings. The van der Waals surface area contributed by atoms with E-state index in [2.05, 4.69) is 15.9 Å². The lowest BCUT2D eigenvalue weighted by molar-refractivity contribution is 0.410. The molecule has 1 aromatic carbocycles. The van der Waals surface area contributed by atoms with Crippen molar-refractivity contribution in [3.63, 3.8) is 0 Å². The Bertz CT molecular complexity index is 438. The summed E-state index contributed by atoms with van der Waals surface area (Å²) in [7, 11) is -1.56. The van der Waals surface area contributed by atoms with Gasteiger partial charge in [0, 0.05) is 15.2 Å². The SMILES string of the molecule is OB(O)c1occ2cc(Br)ccc12. The van der Waals surface area contributed by atoms with Crippen LogP contribution in [0.15, 0.2) is 33.4 Å². The summed E-state index contributed by atoms with van der Waals surface area (Å²) in [4.78, 5) is 0. The van der Waals surface area contributed by atoms with E-state index in [9.17, 15) is 0 Å². The molecule has 0 aliphatic carbocycles. The number of hydrogen-bond donors (Lipinski definition) is 2. The van der Waals surface area contributed by atoms with Gasteiger partial charge in [0.05, 0.1) is 6.26 Å². The second kappa shape index (κ2) is 3.18. The molecule has 13 heavy (non-hydrogen) atoms. The summed E-state index contributed by atoms with van der Waals surface area (Å²) in [6.07, 6.45) is 1.49. The molecule has 0 aliphatic heterocycles. The molecule has 0 fully saturated rings. The lowest BCUT2D eigenvalue weighted by Crippen LogP contribution is -2.28. The minimum atomic E-state index is -1.56. The van der Waals surface area contributed by atoms with Crippen LogP contribution in [0, 0.1) is 0 Å². The zero-order valence-corrected chi connectivity index (χ0v) is 8.15. The van der Waals surface area contributed by atoms with E-state index in [1.807, 2.05) is 12.1 Å². The summed E-state index contributed by atoms with van der Waals surface area (Å²) in [6.45, 7) is 0. The first-order valence-corrected chi connectivity index (χ1v) is 4.50. The van der Waals surface area contributed by atoms with E-state index in [0.29, 0.717) is 0 Å². The van der Waals surface area contributed by atoms with Crippen molar-refractivity contribution >= 4 is 39.5 Å². The Hall–Kier alpha value is -0.775. The van der Waals surface area contributed by atoms with Gasteiger partial charge in [-0.3, -0.25) is 0 Å². The van der Waals surface area contributed by atoms with Gasteiger partial charge in [-0.15, -0.1) is 0 Å². The van der Waals surface area contributed by atoms with Gasteiger partial charge < -0.3 is 14.5 Å². The fourth-order valence-corrected chi connectivity index (χ4v) is 1.62. The van der Waals surface area contributed by atoms with Crippen LogP contribution >= 0.6 is 15.9 Å². The zero-order valence-electron chi connectivity index (χ0n) is 6.57. The van der Waals surface area contributed by atoms with Crippen LogP contribution in [-0.4, -0.2) is 17.2 Å². The van der Waals surface area contributed by atoms with E-state index in [1.165, 1.54) is 6.26 Å². The van der Waals surface area contributed by atoms with E-state index in [4.69, 9.17) is 14.5 Å². The van der Waals surface area contributed by atoms with Crippen LogP contribution < -0.4 is 5.66 Å². The normalized spacial score (nSPS) is 10.7. The van der Waals surface area contributed by atoms with Crippen molar-refractivity contribution in [1.82, 2.24) is 0 Å². The first kappa shape index (κ1) is 8.81. The van der Waals surface area contributed by atoms with Crippen molar-refractivity contribution in [3.05, 3.63) is 28.9 Å². The Morgan fingerprint density at radius 3 is 2.77 bits per heavy atom. The van der Waals surface area contributed by atoms with Gasteiger partial charge >= 0.3 is 7.12 Å². The van der Waals surface area contributed by atoms with Crippen molar-refractivity contribution in [2.75, 3.05) is 0 Å². The summed E-state index contributed by atoms with van der Waals surface area (Å²) in [5.74, 6) is 0. The number of hydrogen-bond acceptors (Lipinski definition) is 3. The van der Waals surface area contributed by atoms with Crippen LogP contribution in [0.25, 0.3) is 10.8 Å². The number of furan rings is 1. The lowest BCUT2D eigenvalue weighted by Gasteiger charge is -1.94. The fraction of sp³-hybridized carbons (Fsp3) is 0. The molecule has 0 saturated carbocycles. The van der Waals surface area contributed by atoms with Gasteiger partial charge in [0.1, 0.15) is 5.66 Å². The summed E-state index contributed by atoms with van der Waals surface area (Å²) < 4.78 is 5.94. The minimum absolute atomic E-state index is 0.183. The first-order chi connectivity index (χ1) is 6.18. The maximum atomic E-state index is 8.93. The molecule has 2 rings (SSSR count). The standard InChI is InChI=1S/C8H6BBrO3/c10-6-1-2-7-5(3-6)4-13-8(7)9(11)12/h1-4,11-12H. The third-order valence-corrected chi connectivity index (χ3v) is 2.32. The Morgan fingerprint density at radius 1 is 1.31 bits per heavy atom. The Labute approximate surface area is 83.3 Å². The number of fused-ring (bicyclic) bond motifs is 1. The maximum Gasteiger partial charge on any atom is 0.527 e. The molecule has 1 aromatic heterocycles. The van der Waals surface area contributed by atoms with E-state index in [-0.39, 0.29) is 5.66 Å². The number of benzene rings is 1. The molecule has 1 heterocycles. The van der Waals surface area contributed by atoms with Crippen LogP contribution in [0.2, 0.25) is 0 Å². The van der Waals surface area contributed by atoms with Gasteiger partial charge in [-0.2, -0.15) is 0 Å². The predicted molar refractivity (Wildman–Crippen MR) is 53.7 cm³/mol. The molecule has 0 atom stereocenters. The molecule has 66 valence electrons. The molecule has 0 saturated heterocycles. The highest BCUT2D eigenvalue weighted by molar-refractivity contribution is 9.10. The molecule has 3 nitrogen and oxygen atoms in total. The van der Waals surface area contributed by atoms with Gasteiger partial charge in [-0.05, 0) is 12.1 Å². The molecule has 2 aromatic rings. The Morgan fingerprint density at radius 2 is 2.08 bits per heavy atom. The molecular formula is C8H6BBrO3. The quantitative estimate of drug-likeness (QED) is 0.728. The van der Waals surface area contributed by atoms with Crippen molar-refractivity contribution in [2.24, 2.45) is 0 Å². The topological polar surface area (TPSA) is 53.6 Å². The van der Waals surface area contributed by atoms with Crippen LogP contribution in [0.4, 0.5) is 0 Å². The molecule has 0 spiro atoms. The Balaban J connectivity index is 2.69. The summed E-state index contributed by atoms with van der Waals surface area (Å²) >= 11 is 3.31. The maximum absolute atomic E-state index is 8.93. The Kier molecular flexibility index (Phi) is 2.15. The van der Waals surface area contributed by atoms with Gasteiger partial charge in [0.15, 0.2) is 0 Å². The number of halogens is 1. The third-order valence-electron chi connectivity index (χ3n) is 1.83. The van der Waals surface area contributed by atoms with E-state index in [1.54, 1.807) is 6.07 Å². The zero-order chi connectivity index (χ0) is 9.42. The molecule has 2 N–H and O–H groups in total. The van der Waals surface area contributed by atoms with Crippen molar-refractivity contribution in [3.8, 4) is 0 Å². The lowest BCUT2D eigenvalue weighted by atomic mass is 9.85. The van der Waals surface area contributed by atoms with Gasteiger partial charge in [0.25, 0.3) is 0 Å². The highest BCUT2D eigenvalue weighted by Crippen LogP contribution is 2.19. The van der Waals surface area contributed by atoms with Gasteiger partial charge in [-0.25, -0.2) is 0 Å². The smallest absolute Gasteiger partial charge is 0.472 e. The average Bonchev–Trinajstić information content (AvgIpc) is 2.46. The molecule has 0 unspecified atom stereocenters. The van der Waals surface area contributed by atoms with Gasteiger partial charge in [0.2, 0.25) is 0 Å². The van der Waals surface area contributed by atoms with Crippen LogP contribution in [0.1, 0.15) is 0 Å². The van der Waals surface area contributed by atoms with Crippen molar-refractivity contribution in [1.29, 1.82) is 0 Å². The predicted octanol–water partition coefficient (Wildman–Crippen LogP) is 0.875. The van der Waals surface area contributed by atoms with Crippen LogP contribution in [0.3, 0.4) is 0 Å². The van der Waals surface area contributed by atoms with Gasteiger partial charge in [-0.1, -0.05) is 22.0 Å². The third kappa shape index (κ3) is 1.50. The molecule has 5 heteroatoms. The second-order valence-corrected chi connectivity index (χ2v) is 3.62. The van der Waals surface area contributed by atoms with Crippen LogP contribution in [0.5, 0.6) is 0 Å². The summed E-state index contributed by atoms with van der Waals surface area (Å²) in [5.41, 5.74) is 0.183. The summed E-state index contributed by atoms with van der Waals surface area (Å²) in [5, 5.41) is 19.4. The number of rotatable bonds is 1. The highest BCUT2D eigenvalue weighted by Gasteiger charge is 2.19. The van der Waals surface area contributed by atoms with Crippen LogP contribution in [-0.2, 0) is 0 Å². The fourth-order valence-electron chi connectivity index (χ4n) is 1.25. The molecule has 0 radical (unpaired) electrons. The molecular weight excluding hydrogens is 235 g/mol. The first-order valence-electron chi connectivity index (χ1n) is 3.71. The second-order valence-electron chi connectivity index (χ2n) is 2.71. The highest BCUT2D eigenvalue weighted by atomic mass is 79.9. The molecule has 0 amide bonds. The monoisotopic (exact) mass is 240 g/mol. The summed E-state index contributed by atoms with van der Waals surface area (Å²) in [6, 6.07) is 5.45. The van der Waals surface area contributed by atoms with E-state index in [0.717, 1.165) is 15.2 Å². The minimum Gasteiger partial charge on any atom is -0.472 e. The van der Waals surface area contributed by atoms with Crippen molar-refractivity contribution in [2.45, 2.75) is 0 Å². The van der Waals surface area contributed by atoms with E-state index >= 15 is 0 Å². The largest absolute Gasteiger partial charge is 0.527 e. The molecule has 0 bridgehead atoms. The average molecular weight is 241 g/mol. The van der Waals surface area contributed by atoms with E-state index < -0.39 is 7.12 Å². The van der Waals surface area contributed by atoms with Crippen molar-refractivity contribution < 1.29 is 14.5 Å².